The van der Waals surface area contributed by atoms with Gasteiger partial charge in [0.1, 0.15) is 5.01 Å². The lowest BCUT2D eigenvalue weighted by atomic mass is 10.3. The van der Waals surface area contributed by atoms with Gasteiger partial charge in [-0.25, -0.2) is 9.78 Å². The Morgan fingerprint density at radius 3 is 2.96 bits per heavy atom. The average Bonchev–Trinajstić information content (AvgIpc) is 2.97. The van der Waals surface area contributed by atoms with Gasteiger partial charge in [0.05, 0.1) is 24.6 Å². The van der Waals surface area contributed by atoms with Crippen molar-refractivity contribution in [3.05, 3.63) is 35.0 Å². The summed E-state index contributed by atoms with van der Waals surface area (Å²) in [5, 5.41) is 3.90. The highest BCUT2D eigenvalue weighted by molar-refractivity contribution is 7.15. The molecule has 7 heteroatoms. The molecule has 1 saturated heterocycles. The van der Waals surface area contributed by atoms with Gasteiger partial charge in [0.25, 0.3) is 0 Å². The molecule has 2 aromatic heterocycles. The van der Waals surface area contributed by atoms with E-state index < -0.39 is 0 Å². The van der Waals surface area contributed by atoms with Crippen molar-refractivity contribution in [3.63, 3.8) is 0 Å². The molecule has 1 aliphatic heterocycles. The molecule has 0 atom stereocenters. The Morgan fingerprint density at radius 2 is 2.22 bits per heavy atom. The van der Waals surface area contributed by atoms with Crippen LogP contribution >= 0.6 is 11.3 Å². The third-order valence-electron chi connectivity index (χ3n) is 3.70. The van der Waals surface area contributed by atoms with E-state index in [2.05, 4.69) is 15.3 Å². The van der Waals surface area contributed by atoms with Gasteiger partial charge in [-0.05, 0) is 19.1 Å². The van der Waals surface area contributed by atoms with Crippen LogP contribution in [-0.4, -0.2) is 53.7 Å². The van der Waals surface area contributed by atoms with Crippen molar-refractivity contribution < 1.29 is 9.53 Å². The number of carbonyl (C=O) groups is 1. The third kappa shape index (κ3) is 4.05. The molecule has 0 saturated carbocycles. The van der Waals surface area contributed by atoms with E-state index in [9.17, 15) is 4.79 Å². The van der Waals surface area contributed by atoms with Crippen LogP contribution in [0.25, 0.3) is 10.7 Å². The molecule has 0 radical (unpaired) electrons. The molecule has 1 N–H and O–H groups in total. The number of hydrogen-bond donors (Lipinski definition) is 1. The number of aryl methyl sites for hydroxylation is 1. The molecule has 3 rings (SSSR count). The molecule has 6 nitrogen and oxygen atoms in total. The molecule has 0 spiro atoms. The van der Waals surface area contributed by atoms with Crippen LogP contribution in [0.2, 0.25) is 0 Å². The third-order valence-corrected chi connectivity index (χ3v) is 4.94. The minimum absolute atomic E-state index is 0.0135. The topological polar surface area (TPSA) is 67.4 Å². The zero-order chi connectivity index (χ0) is 16.1. The first-order valence-electron chi connectivity index (χ1n) is 7.72. The number of urea groups is 1. The molecular formula is C16H20N4O2S. The van der Waals surface area contributed by atoms with E-state index in [0.29, 0.717) is 32.8 Å². The fraction of sp³-hybridized carbons (Fsp3) is 0.438. The van der Waals surface area contributed by atoms with E-state index in [1.54, 1.807) is 22.4 Å². The Bertz CT molecular complexity index is 653. The normalized spacial score (nSPS) is 14.7. The van der Waals surface area contributed by atoms with Crippen molar-refractivity contribution >= 4 is 17.4 Å². The molecule has 0 unspecified atom stereocenters. The van der Waals surface area contributed by atoms with Crippen LogP contribution in [0.4, 0.5) is 4.79 Å². The Morgan fingerprint density at radius 1 is 1.39 bits per heavy atom. The smallest absolute Gasteiger partial charge is 0.317 e. The Balaban J connectivity index is 1.54. The lowest BCUT2D eigenvalue weighted by Gasteiger charge is -2.26. The predicted octanol–water partition coefficient (Wildman–Crippen LogP) is 2.10. The van der Waals surface area contributed by atoms with Gasteiger partial charge in [0, 0.05) is 37.1 Å². The van der Waals surface area contributed by atoms with Gasteiger partial charge in [-0.1, -0.05) is 6.07 Å². The number of hydrogen-bond acceptors (Lipinski definition) is 5. The zero-order valence-electron chi connectivity index (χ0n) is 13.1. The summed E-state index contributed by atoms with van der Waals surface area (Å²) in [6, 6.07) is 5.80. The van der Waals surface area contributed by atoms with Gasteiger partial charge in [-0.2, -0.15) is 0 Å². The maximum atomic E-state index is 12.0. The van der Waals surface area contributed by atoms with E-state index in [1.165, 1.54) is 4.88 Å². The fourth-order valence-electron chi connectivity index (χ4n) is 2.42. The average molecular weight is 332 g/mol. The lowest BCUT2D eigenvalue weighted by Crippen LogP contribution is -2.46. The quantitative estimate of drug-likeness (QED) is 0.931. The van der Waals surface area contributed by atoms with Crippen LogP contribution in [0.15, 0.2) is 24.4 Å². The number of rotatable bonds is 4. The number of aromatic nitrogens is 2. The summed E-state index contributed by atoms with van der Waals surface area (Å²) in [5.41, 5.74) is 1.90. The lowest BCUT2D eigenvalue weighted by molar-refractivity contribution is 0.0533. The summed E-state index contributed by atoms with van der Waals surface area (Å²) in [6.45, 7) is 5.18. The zero-order valence-corrected chi connectivity index (χ0v) is 13.9. The van der Waals surface area contributed by atoms with Gasteiger partial charge >= 0.3 is 6.03 Å². The van der Waals surface area contributed by atoms with Gasteiger partial charge in [0.15, 0.2) is 0 Å². The second-order valence-corrected chi connectivity index (χ2v) is 6.41. The molecule has 3 heterocycles. The molecule has 23 heavy (non-hydrogen) atoms. The molecule has 0 aliphatic carbocycles. The Hall–Kier alpha value is -1.99. The Labute approximate surface area is 139 Å². The summed E-state index contributed by atoms with van der Waals surface area (Å²) < 4.78 is 5.25. The second-order valence-electron chi connectivity index (χ2n) is 5.32. The van der Waals surface area contributed by atoms with E-state index in [-0.39, 0.29) is 6.03 Å². The summed E-state index contributed by atoms with van der Waals surface area (Å²) >= 11 is 1.64. The molecule has 1 aliphatic rings. The van der Waals surface area contributed by atoms with Crippen LogP contribution in [0.3, 0.4) is 0 Å². The number of amides is 2. The van der Waals surface area contributed by atoms with E-state index >= 15 is 0 Å². The van der Waals surface area contributed by atoms with Crippen molar-refractivity contribution in [2.45, 2.75) is 13.3 Å². The first kappa shape index (κ1) is 15.9. The van der Waals surface area contributed by atoms with Crippen LogP contribution < -0.4 is 5.32 Å². The standard InChI is InChI=1S/C16H20N4O2S/c1-12-14(23-15(19-12)13-4-2-3-6-17-13)5-7-18-16(21)20-8-10-22-11-9-20/h2-4,6H,5,7-11H2,1H3,(H,18,21). The molecule has 0 bridgehead atoms. The van der Waals surface area contributed by atoms with Gasteiger partial charge in [0.2, 0.25) is 0 Å². The molecule has 122 valence electrons. The maximum Gasteiger partial charge on any atom is 0.317 e. The number of carbonyl (C=O) groups excluding carboxylic acids is 1. The van der Waals surface area contributed by atoms with Crippen molar-refractivity contribution in [1.82, 2.24) is 20.2 Å². The van der Waals surface area contributed by atoms with E-state index in [4.69, 9.17) is 4.74 Å². The maximum absolute atomic E-state index is 12.0. The number of thiazole rings is 1. The fourth-order valence-corrected chi connectivity index (χ4v) is 3.46. The number of nitrogens with zero attached hydrogens (tertiary/aromatic N) is 3. The minimum Gasteiger partial charge on any atom is -0.378 e. The molecular weight excluding hydrogens is 312 g/mol. The second kappa shape index (κ2) is 7.52. The van der Waals surface area contributed by atoms with E-state index in [1.807, 2.05) is 25.1 Å². The van der Waals surface area contributed by atoms with Crippen molar-refractivity contribution in [1.29, 1.82) is 0 Å². The van der Waals surface area contributed by atoms with Gasteiger partial charge in [-0.15, -0.1) is 11.3 Å². The minimum atomic E-state index is -0.0135. The van der Waals surface area contributed by atoms with Crippen molar-refractivity contribution in [3.8, 4) is 10.7 Å². The summed E-state index contributed by atoms with van der Waals surface area (Å²) in [5.74, 6) is 0. The first-order chi connectivity index (χ1) is 11.2. The number of pyridine rings is 1. The molecule has 1 fully saturated rings. The first-order valence-corrected chi connectivity index (χ1v) is 8.54. The van der Waals surface area contributed by atoms with Crippen LogP contribution in [0.1, 0.15) is 10.6 Å². The largest absolute Gasteiger partial charge is 0.378 e. The summed E-state index contributed by atoms with van der Waals surface area (Å²) in [7, 11) is 0. The van der Waals surface area contributed by atoms with Gasteiger partial charge in [-0.3, -0.25) is 4.98 Å². The number of morpholine rings is 1. The van der Waals surface area contributed by atoms with E-state index in [0.717, 1.165) is 22.8 Å². The highest BCUT2D eigenvalue weighted by atomic mass is 32.1. The van der Waals surface area contributed by atoms with Crippen LogP contribution in [0, 0.1) is 6.92 Å². The monoisotopic (exact) mass is 332 g/mol. The summed E-state index contributed by atoms with van der Waals surface area (Å²) in [6.07, 6.45) is 2.56. The SMILES string of the molecule is Cc1nc(-c2ccccn2)sc1CCNC(=O)N1CCOCC1. The van der Waals surface area contributed by atoms with Crippen LogP contribution in [-0.2, 0) is 11.2 Å². The summed E-state index contributed by atoms with van der Waals surface area (Å²) in [4.78, 5) is 23.9. The molecule has 0 aromatic carbocycles. The highest BCUT2D eigenvalue weighted by Crippen LogP contribution is 2.26. The van der Waals surface area contributed by atoms with Crippen molar-refractivity contribution in [2.24, 2.45) is 0 Å². The van der Waals surface area contributed by atoms with Crippen LogP contribution in [0.5, 0.6) is 0 Å². The Kier molecular flexibility index (Phi) is 5.19. The highest BCUT2D eigenvalue weighted by Gasteiger charge is 2.16. The van der Waals surface area contributed by atoms with Crippen molar-refractivity contribution in [2.75, 3.05) is 32.8 Å². The molecule has 2 amide bonds. The molecule has 2 aromatic rings. The predicted molar refractivity (Wildman–Crippen MR) is 89.6 cm³/mol. The number of nitrogens with one attached hydrogen (secondary N) is 1. The number of ether oxygens (including phenoxy) is 1. The van der Waals surface area contributed by atoms with Gasteiger partial charge < -0.3 is 15.0 Å².